The number of hydrogen-bond acceptors (Lipinski definition) is 5. The van der Waals surface area contributed by atoms with Crippen LogP contribution in [0.1, 0.15) is 32.3 Å². The third-order valence-electron chi connectivity index (χ3n) is 4.95. The molecule has 1 aromatic rings. The average molecular weight is 373 g/mol. The summed E-state index contributed by atoms with van der Waals surface area (Å²) in [4.78, 5) is 20.8. The van der Waals surface area contributed by atoms with Crippen LogP contribution in [-0.2, 0) is 9.53 Å². The second-order valence-electron chi connectivity index (χ2n) is 7.71. The molecule has 3 heterocycles. The van der Waals surface area contributed by atoms with Crippen molar-refractivity contribution in [2.24, 2.45) is 5.92 Å². The molecule has 6 nitrogen and oxygen atoms in total. The molecule has 0 aromatic carbocycles. The number of amides is 1. The van der Waals surface area contributed by atoms with Gasteiger partial charge in [0.15, 0.2) is 0 Å². The second-order valence-corrected chi connectivity index (χ2v) is 7.71. The van der Waals surface area contributed by atoms with E-state index in [0.29, 0.717) is 38.1 Å². The molecule has 3 rings (SSSR count). The summed E-state index contributed by atoms with van der Waals surface area (Å²) in [5.41, 5.74) is 0.899. The van der Waals surface area contributed by atoms with E-state index in [-0.39, 0.29) is 12.0 Å². The fraction of sp³-hybridized carbons (Fsp3) is 0.619. The smallest absolute Gasteiger partial charge is 0.246 e. The van der Waals surface area contributed by atoms with Crippen LogP contribution in [0.25, 0.3) is 6.08 Å². The predicted molar refractivity (Wildman–Crippen MR) is 106 cm³/mol. The quantitative estimate of drug-likeness (QED) is 0.717. The van der Waals surface area contributed by atoms with Gasteiger partial charge in [0, 0.05) is 51.1 Å². The van der Waals surface area contributed by atoms with Crippen molar-refractivity contribution in [1.29, 1.82) is 0 Å². The summed E-state index contributed by atoms with van der Waals surface area (Å²) < 4.78 is 11.3. The molecule has 0 N–H and O–H groups in total. The number of rotatable bonds is 6. The first-order valence-electron chi connectivity index (χ1n) is 10.00. The lowest BCUT2D eigenvalue weighted by Gasteiger charge is -2.32. The Morgan fingerprint density at radius 3 is 2.63 bits per heavy atom. The molecule has 1 aromatic heterocycles. The van der Waals surface area contributed by atoms with E-state index < -0.39 is 0 Å². The van der Waals surface area contributed by atoms with Gasteiger partial charge in [-0.15, -0.1) is 0 Å². The average Bonchev–Trinajstić information content (AvgIpc) is 2.69. The van der Waals surface area contributed by atoms with Gasteiger partial charge in [-0.25, -0.2) is 4.98 Å². The number of aromatic nitrogens is 1. The number of likely N-dealkylation sites (tertiary alicyclic amines) is 1. The molecule has 27 heavy (non-hydrogen) atoms. The fourth-order valence-corrected chi connectivity index (χ4v) is 3.51. The molecule has 6 heteroatoms. The van der Waals surface area contributed by atoms with Crippen molar-refractivity contribution in [2.75, 3.05) is 45.9 Å². The van der Waals surface area contributed by atoms with E-state index in [0.717, 1.165) is 38.0 Å². The molecule has 0 atom stereocenters. The summed E-state index contributed by atoms with van der Waals surface area (Å²) in [6.07, 6.45) is 7.50. The zero-order valence-corrected chi connectivity index (χ0v) is 16.5. The van der Waals surface area contributed by atoms with Gasteiger partial charge >= 0.3 is 0 Å². The highest BCUT2D eigenvalue weighted by molar-refractivity contribution is 5.91. The highest BCUT2D eigenvalue weighted by atomic mass is 16.5. The number of carbonyl (C=O) groups excluding carboxylic acids is 1. The van der Waals surface area contributed by atoms with Gasteiger partial charge in [-0.3, -0.25) is 4.79 Å². The van der Waals surface area contributed by atoms with Gasteiger partial charge in [0.05, 0.1) is 13.2 Å². The van der Waals surface area contributed by atoms with Crippen LogP contribution in [0.2, 0.25) is 0 Å². The van der Waals surface area contributed by atoms with Gasteiger partial charge in [-0.05, 0) is 36.5 Å². The number of morpholine rings is 1. The highest BCUT2D eigenvalue weighted by Crippen LogP contribution is 2.18. The fourth-order valence-electron chi connectivity index (χ4n) is 3.51. The second kappa shape index (κ2) is 9.85. The van der Waals surface area contributed by atoms with Crippen LogP contribution in [0.5, 0.6) is 5.88 Å². The molecule has 0 saturated carbocycles. The van der Waals surface area contributed by atoms with E-state index in [1.54, 1.807) is 23.2 Å². The maximum absolute atomic E-state index is 12.1. The first kappa shape index (κ1) is 19.8. The highest BCUT2D eigenvalue weighted by Gasteiger charge is 2.21. The van der Waals surface area contributed by atoms with Crippen molar-refractivity contribution < 1.29 is 14.3 Å². The Labute approximate surface area is 162 Å². The Hall–Kier alpha value is -1.92. The molecule has 1 amide bonds. The summed E-state index contributed by atoms with van der Waals surface area (Å²) in [5.74, 6) is 1.39. The topological polar surface area (TPSA) is 54.9 Å². The summed E-state index contributed by atoms with van der Waals surface area (Å²) in [5, 5.41) is 0. The van der Waals surface area contributed by atoms with Crippen molar-refractivity contribution in [1.82, 2.24) is 14.8 Å². The lowest BCUT2D eigenvalue weighted by atomic mass is 10.1. The summed E-state index contributed by atoms with van der Waals surface area (Å²) >= 11 is 0. The Morgan fingerprint density at radius 2 is 2.00 bits per heavy atom. The van der Waals surface area contributed by atoms with Crippen molar-refractivity contribution in [2.45, 2.75) is 32.8 Å². The van der Waals surface area contributed by atoms with E-state index in [4.69, 9.17) is 9.47 Å². The number of ether oxygens (including phenoxy) is 2. The maximum atomic E-state index is 12.1. The normalized spacial score (nSPS) is 19.7. The van der Waals surface area contributed by atoms with Gasteiger partial charge in [0.1, 0.15) is 6.10 Å². The summed E-state index contributed by atoms with van der Waals surface area (Å²) in [6, 6.07) is 3.83. The van der Waals surface area contributed by atoms with Crippen LogP contribution < -0.4 is 4.74 Å². The van der Waals surface area contributed by atoms with Crippen LogP contribution in [0.4, 0.5) is 0 Å². The monoisotopic (exact) mass is 373 g/mol. The van der Waals surface area contributed by atoms with Crippen molar-refractivity contribution in [3.63, 3.8) is 0 Å². The Bertz CT molecular complexity index is 616. The molecule has 0 bridgehead atoms. The molecule has 2 fully saturated rings. The molecular weight excluding hydrogens is 342 g/mol. The lowest BCUT2D eigenvalue weighted by molar-refractivity contribution is -0.129. The number of pyridine rings is 1. The van der Waals surface area contributed by atoms with Crippen LogP contribution in [0.15, 0.2) is 24.4 Å². The first-order chi connectivity index (χ1) is 13.1. The summed E-state index contributed by atoms with van der Waals surface area (Å²) in [7, 11) is 0. The zero-order valence-electron chi connectivity index (χ0n) is 16.5. The van der Waals surface area contributed by atoms with E-state index in [1.165, 1.54) is 0 Å². The largest absolute Gasteiger partial charge is 0.474 e. The van der Waals surface area contributed by atoms with E-state index in [9.17, 15) is 4.79 Å². The third-order valence-corrected chi connectivity index (χ3v) is 4.95. The predicted octanol–water partition coefficient (Wildman–Crippen LogP) is 2.45. The maximum Gasteiger partial charge on any atom is 0.246 e. The van der Waals surface area contributed by atoms with Crippen LogP contribution >= 0.6 is 0 Å². The Morgan fingerprint density at radius 1 is 1.26 bits per heavy atom. The zero-order chi connectivity index (χ0) is 19.1. The number of hydrogen-bond donors (Lipinski definition) is 0. The molecular formula is C21H31N3O3. The van der Waals surface area contributed by atoms with Crippen LogP contribution in [-0.4, -0.2) is 72.7 Å². The van der Waals surface area contributed by atoms with Crippen molar-refractivity contribution >= 4 is 12.0 Å². The van der Waals surface area contributed by atoms with Gasteiger partial charge in [0.2, 0.25) is 11.8 Å². The first-order valence-corrected chi connectivity index (χ1v) is 10.00. The molecule has 0 unspecified atom stereocenters. The number of piperidine rings is 1. The van der Waals surface area contributed by atoms with Crippen molar-refractivity contribution in [3.05, 3.63) is 30.0 Å². The molecule has 148 valence electrons. The molecule has 0 spiro atoms. The summed E-state index contributed by atoms with van der Waals surface area (Å²) in [6.45, 7) is 10.4. The third kappa shape index (κ3) is 6.33. The van der Waals surface area contributed by atoms with E-state index in [2.05, 4.69) is 23.7 Å². The lowest BCUT2D eigenvalue weighted by Crippen LogP contribution is -2.40. The van der Waals surface area contributed by atoms with E-state index >= 15 is 0 Å². The standard InChI is InChI=1S/C21H31N3O3/c1-17(2)16-23-9-7-19(8-10-23)27-20-5-3-18(15-22-20)4-6-21(25)24-11-13-26-14-12-24/h3-6,15,17,19H,7-14,16H2,1-2H3. The van der Waals surface area contributed by atoms with Crippen LogP contribution in [0.3, 0.4) is 0 Å². The minimum atomic E-state index is 0.0202. The number of nitrogens with zero attached hydrogens (tertiary/aromatic N) is 3. The van der Waals surface area contributed by atoms with Gasteiger partial charge in [-0.1, -0.05) is 13.8 Å². The Kier molecular flexibility index (Phi) is 7.24. The molecule has 0 aliphatic carbocycles. The van der Waals surface area contributed by atoms with Gasteiger partial charge in [-0.2, -0.15) is 0 Å². The Balaban J connectivity index is 1.45. The van der Waals surface area contributed by atoms with Gasteiger partial charge in [0.25, 0.3) is 0 Å². The minimum absolute atomic E-state index is 0.0202. The molecule has 0 radical (unpaired) electrons. The minimum Gasteiger partial charge on any atom is -0.474 e. The molecule has 2 saturated heterocycles. The van der Waals surface area contributed by atoms with Gasteiger partial charge < -0.3 is 19.3 Å². The van der Waals surface area contributed by atoms with Crippen LogP contribution in [0, 0.1) is 5.92 Å². The number of carbonyl (C=O) groups is 1. The van der Waals surface area contributed by atoms with E-state index in [1.807, 2.05) is 12.1 Å². The molecule has 2 aliphatic rings. The molecule has 2 aliphatic heterocycles. The van der Waals surface area contributed by atoms with Crippen molar-refractivity contribution in [3.8, 4) is 5.88 Å². The SMILES string of the molecule is CC(C)CN1CCC(Oc2ccc(C=CC(=O)N3CCOCC3)cn2)CC1.